The minimum atomic E-state index is 0.523. The van der Waals surface area contributed by atoms with Gasteiger partial charge in [-0.05, 0) is 37.1 Å². The summed E-state index contributed by atoms with van der Waals surface area (Å²) in [6.07, 6.45) is 11.1. The fourth-order valence-electron chi connectivity index (χ4n) is 2.98. The van der Waals surface area contributed by atoms with Gasteiger partial charge in [0.15, 0.2) is 0 Å². The molecule has 0 unspecified atom stereocenters. The lowest BCUT2D eigenvalue weighted by Crippen LogP contribution is -2.34. The highest BCUT2D eigenvalue weighted by atomic mass is 14.6. The zero-order valence-electron chi connectivity index (χ0n) is 10.0. The maximum absolute atomic E-state index is 6.00. The maximum atomic E-state index is 6.00. The number of nitrogens with two attached hydrogens (primary N) is 1. The molecule has 0 radical (unpaired) electrons. The first-order valence-electron chi connectivity index (χ1n) is 6.46. The van der Waals surface area contributed by atoms with E-state index in [-0.39, 0.29) is 0 Å². The van der Waals surface area contributed by atoms with Crippen LogP contribution in [0.15, 0.2) is 0 Å². The molecule has 0 atom stereocenters. The van der Waals surface area contributed by atoms with Crippen molar-refractivity contribution in [2.45, 2.75) is 65.2 Å². The summed E-state index contributed by atoms with van der Waals surface area (Å²) in [5.41, 5.74) is 6.52. The highest BCUT2D eigenvalue weighted by Crippen LogP contribution is 2.41. The van der Waals surface area contributed by atoms with Gasteiger partial charge in [-0.25, -0.2) is 0 Å². The van der Waals surface area contributed by atoms with Crippen molar-refractivity contribution < 1.29 is 0 Å². The SMILES string of the molecule is CCC(CC)CC1(CN)CCCCC1. The van der Waals surface area contributed by atoms with E-state index in [0.717, 1.165) is 12.5 Å². The predicted octanol–water partition coefficient (Wildman–Crippen LogP) is 3.72. The van der Waals surface area contributed by atoms with Gasteiger partial charge in [0.05, 0.1) is 0 Å². The van der Waals surface area contributed by atoms with Gasteiger partial charge in [0.1, 0.15) is 0 Å². The van der Waals surface area contributed by atoms with Gasteiger partial charge in [-0.15, -0.1) is 0 Å². The van der Waals surface area contributed by atoms with Crippen molar-refractivity contribution >= 4 is 0 Å². The molecule has 84 valence electrons. The molecule has 0 aromatic heterocycles. The fourth-order valence-corrected chi connectivity index (χ4v) is 2.98. The van der Waals surface area contributed by atoms with Crippen LogP contribution in [0.5, 0.6) is 0 Å². The summed E-state index contributed by atoms with van der Waals surface area (Å²) >= 11 is 0. The third-order valence-electron chi connectivity index (χ3n) is 4.22. The average molecular weight is 197 g/mol. The van der Waals surface area contributed by atoms with E-state index in [1.807, 2.05) is 0 Å². The van der Waals surface area contributed by atoms with Crippen molar-refractivity contribution in [2.24, 2.45) is 17.1 Å². The van der Waals surface area contributed by atoms with Crippen LogP contribution in [0.4, 0.5) is 0 Å². The Kier molecular flexibility index (Phi) is 4.94. The minimum absolute atomic E-state index is 0.523. The second-order valence-corrected chi connectivity index (χ2v) is 5.15. The van der Waals surface area contributed by atoms with E-state index in [1.54, 1.807) is 0 Å². The van der Waals surface area contributed by atoms with Crippen molar-refractivity contribution in [1.82, 2.24) is 0 Å². The third kappa shape index (κ3) is 2.98. The summed E-state index contributed by atoms with van der Waals surface area (Å²) in [5.74, 6) is 0.914. The first-order chi connectivity index (χ1) is 6.76. The van der Waals surface area contributed by atoms with Crippen molar-refractivity contribution in [1.29, 1.82) is 0 Å². The molecule has 0 aromatic rings. The van der Waals surface area contributed by atoms with Gasteiger partial charge >= 0.3 is 0 Å². The Morgan fingerprint density at radius 2 is 1.64 bits per heavy atom. The summed E-state index contributed by atoms with van der Waals surface area (Å²) in [5, 5.41) is 0. The molecular formula is C13H27N. The number of rotatable bonds is 5. The molecular weight excluding hydrogens is 170 g/mol. The monoisotopic (exact) mass is 197 g/mol. The van der Waals surface area contributed by atoms with E-state index in [2.05, 4.69) is 13.8 Å². The molecule has 2 N–H and O–H groups in total. The molecule has 1 heteroatoms. The van der Waals surface area contributed by atoms with Crippen molar-refractivity contribution in [3.8, 4) is 0 Å². The zero-order chi connectivity index (χ0) is 10.4. The van der Waals surface area contributed by atoms with E-state index in [4.69, 9.17) is 5.73 Å². The highest BCUT2D eigenvalue weighted by Gasteiger charge is 2.32. The second kappa shape index (κ2) is 5.75. The van der Waals surface area contributed by atoms with Crippen molar-refractivity contribution in [3.05, 3.63) is 0 Å². The van der Waals surface area contributed by atoms with Crippen LogP contribution in [-0.4, -0.2) is 6.54 Å². The van der Waals surface area contributed by atoms with E-state index in [9.17, 15) is 0 Å². The second-order valence-electron chi connectivity index (χ2n) is 5.15. The van der Waals surface area contributed by atoms with Crippen LogP contribution >= 0.6 is 0 Å². The Labute approximate surface area is 89.5 Å². The van der Waals surface area contributed by atoms with Crippen LogP contribution < -0.4 is 5.73 Å². The third-order valence-corrected chi connectivity index (χ3v) is 4.22. The van der Waals surface area contributed by atoms with Crippen LogP contribution in [0, 0.1) is 11.3 Å². The molecule has 1 aliphatic rings. The zero-order valence-corrected chi connectivity index (χ0v) is 10.0. The molecule has 0 bridgehead atoms. The molecule has 0 amide bonds. The first-order valence-corrected chi connectivity index (χ1v) is 6.46. The maximum Gasteiger partial charge on any atom is -0.00204 e. The van der Waals surface area contributed by atoms with Gasteiger partial charge in [0.25, 0.3) is 0 Å². The predicted molar refractivity (Wildman–Crippen MR) is 63.3 cm³/mol. The summed E-state index contributed by atoms with van der Waals surface area (Å²) in [6, 6.07) is 0. The first kappa shape index (κ1) is 12.0. The van der Waals surface area contributed by atoms with E-state index in [0.29, 0.717) is 5.41 Å². The fraction of sp³-hybridized carbons (Fsp3) is 1.00. The van der Waals surface area contributed by atoms with E-state index in [1.165, 1.54) is 51.4 Å². The van der Waals surface area contributed by atoms with Gasteiger partial charge in [0.2, 0.25) is 0 Å². The van der Waals surface area contributed by atoms with Crippen LogP contribution in [-0.2, 0) is 0 Å². The number of hydrogen-bond acceptors (Lipinski definition) is 1. The summed E-state index contributed by atoms with van der Waals surface area (Å²) < 4.78 is 0. The Hall–Kier alpha value is -0.0400. The molecule has 1 saturated carbocycles. The standard InChI is InChI=1S/C13H27N/c1-3-12(4-2)10-13(11-14)8-6-5-7-9-13/h12H,3-11,14H2,1-2H3. The molecule has 1 aliphatic carbocycles. The largest absolute Gasteiger partial charge is 0.330 e. The van der Waals surface area contributed by atoms with Crippen molar-refractivity contribution in [2.75, 3.05) is 6.54 Å². The molecule has 0 saturated heterocycles. The van der Waals surface area contributed by atoms with Gasteiger partial charge in [-0.2, -0.15) is 0 Å². The van der Waals surface area contributed by atoms with Gasteiger partial charge in [-0.3, -0.25) is 0 Å². The van der Waals surface area contributed by atoms with Crippen LogP contribution in [0.1, 0.15) is 65.2 Å². The lowest BCUT2D eigenvalue weighted by atomic mass is 9.68. The summed E-state index contributed by atoms with van der Waals surface area (Å²) in [4.78, 5) is 0. The van der Waals surface area contributed by atoms with Crippen molar-refractivity contribution in [3.63, 3.8) is 0 Å². The molecule has 1 fully saturated rings. The molecule has 1 rings (SSSR count). The number of hydrogen-bond donors (Lipinski definition) is 1. The summed E-state index contributed by atoms with van der Waals surface area (Å²) in [7, 11) is 0. The van der Waals surface area contributed by atoms with Gasteiger partial charge in [-0.1, -0.05) is 46.0 Å². The average Bonchev–Trinajstić information content (AvgIpc) is 2.27. The Balaban J connectivity index is 2.50. The Bertz CT molecular complexity index is 143. The Morgan fingerprint density at radius 1 is 1.07 bits per heavy atom. The van der Waals surface area contributed by atoms with Gasteiger partial charge in [0, 0.05) is 0 Å². The smallest absolute Gasteiger partial charge is 0.00204 e. The van der Waals surface area contributed by atoms with Crippen LogP contribution in [0.2, 0.25) is 0 Å². The van der Waals surface area contributed by atoms with Crippen LogP contribution in [0.3, 0.4) is 0 Å². The lowest BCUT2D eigenvalue weighted by molar-refractivity contribution is 0.146. The normalized spacial score (nSPS) is 21.4. The van der Waals surface area contributed by atoms with Gasteiger partial charge < -0.3 is 5.73 Å². The minimum Gasteiger partial charge on any atom is -0.330 e. The molecule has 0 heterocycles. The topological polar surface area (TPSA) is 26.0 Å². The quantitative estimate of drug-likeness (QED) is 0.714. The molecule has 0 spiro atoms. The molecule has 0 aromatic carbocycles. The van der Waals surface area contributed by atoms with E-state index >= 15 is 0 Å². The van der Waals surface area contributed by atoms with Crippen LogP contribution in [0.25, 0.3) is 0 Å². The lowest BCUT2D eigenvalue weighted by Gasteiger charge is -2.38. The Morgan fingerprint density at radius 3 is 2.07 bits per heavy atom. The highest BCUT2D eigenvalue weighted by molar-refractivity contribution is 4.85. The summed E-state index contributed by atoms with van der Waals surface area (Å²) in [6.45, 7) is 5.56. The molecule has 0 aliphatic heterocycles. The molecule has 14 heavy (non-hydrogen) atoms. The van der Waals surface area contributed by atoms with E-state index < -0.39 is 0 Å². The molecule has 1 nitrogen and oxygen atoms in total.